The van der Waals surface area contributed by atoms with Crippen LogP contribution in [0.1, 0.15) is 25.7 Å². The molecule has 0 spiro atoms. The molecule has 0 radical (unpaired) electrons. The van der Waals surface area contributed by atoms with Crippen LogP contribution in [0.2, 0.25) is 0 Å². The van der Waals surface area contributed by atoms with E-state index in [4.69, 9.17) is 14.3 Å². The number of carbonyl (C=O) groups excluding carboxylic acids is 1. The number of carboxylic acid groups (broad SMARTS) is 1. The number of ether oxygens (including phenoxy) is 1. The number of methoxy groups -OCH3 is 1. The summed E-state index contributed by atoms with van der Waals surface area (Å²) in [4.78, 5) is 22.6. The fraction of sp³-hybridized carbons (Fsp3) is 0.263. The van der Waals surface area contributed by atoms with Crippen molar-refractivity contribution >= 4 is 39.5 Å². The zero-order valence-corrected chi connectivity index (χ0v) is 13.9. The minimum atomic E-state index is -0.850. The van der Waals surface area contributed by atoms with Gasteiger partial charge in [0.25, 0.3) is 0 Å². The molecule has 25 heavy (non-hydrogen) atoms. The second-order valence-corrected chi connectivity index (χ2v) is 5.80. The summed E-state index contributed by atoms with van der Waals surface area (Å²) >= 11 is 0. The fourth-order valence-electron chi connectivity index (χ4n) is 2.79. The van der Waals surface area contributed by atoms with Crippen molar-refractivity contribution in [2.75, 3.05) is 12.4 Å². The molecule has 0 unspecified atom stereocenters. The monoisotopic (exact) mass is 341 g/mol. The average Bonchev–Trinajstić information content (AvgIpc) is 2.95. The number of hydrogen-bond acceptors (Lipinski definition) is 4. The first-order chi connectivity index (χ1) is 12.1. The smallest absolute Gasteiger partial charge is 0.303 e. The minimum absolute atomic E-state index is 0.0710. The number of anilines is 1. The molecule has 1 heterocycles. The number of carbonyl (C=O) groups is 2. The van der Waals surface area contributed by atoms with E-state index >= 15 is 0 Å². The lowest BCUT2D eigenvalue weighted by molar-refractivity contribution is -0.137. The van der Waals surface area contributed by atoms with Crippen LogP contribution in [-0.2, 0) is 9.59 Å². The second kappa shape index (κ2) is 7.25. The molecular weight excluding hydrogens is 322 g/mol. The van der Waals surface area contributed by atoms with Gasteiger partial charge in [-0.05, 0) is 25.0 Å². The Labute approximate surface area is 144 Å². The van der Waals surface area contributed by atoms with E-state index in [1.807, 2.05) is 30.3 Å². The maximum absolute atomic E-state index is 12.1. The van der Waals surface area contributed by atoms with Crippen molar-refractivity contribution in [3.63, 3.8) is 0 Å². The van der Waals surface area contributed by atoms with Gasteiger partial charge in [-0.2, -0.15) is 0 Å². The molecule has 3 aromatic rings. The number of aliphatic carboxylic acids is 1. The standard InChI is InChI=1S/C19H19NO5/c1-24-17-10-13-12-6-2-3-7-15(12)25-16(13)11-14(17)20-18(21)8-4-5-9-19(22)23/h2-3,6-7,10-11H,4-5,8-9H2,1H3,(H,20,21)(H,22,23). The molecule has 6 nitrogen and oxygen atoms in total. The van der Waals surface area contributed by atoms with Gasteiger partial charge in [0.2, 0.25) is 5.91 Å². The molecule has 0 saturated heterocycles. The highest BCUT2D eigenvalue weighted by Gasteiger charge is 2.14. The van der Waals surface area contributed by atoms with E-state index < -0.39 is 5.97 Å². The summed E-state index contributed by atoms with van der Waals surface area (Å²) < 4.78 is 11.2. The van der Waals surface area contributed by atoms with Crippen LogP contribution in [-0.4, -0.2) is 24.1 Å². The predicted molar refractivity (Wildman–Crippen MR) is 95.0 cm³/mol. The van der Waals surface area contributed by atoms with Gasteiger partial charge in [-0.1, -0.05) is 18.2 Å². The molecule has 0 aliphatic rings. The van der Waals surface area contributed by atoms with Crippen LogP contribution in [0.5, 0.6) is 5.75 Å². The molecule has 0 fully saturated rings. The molecule has 2 N–H and O–H groups in total. The molecule has 0 aliphatic carbocycles. The topological polar surface area (TPSA) is 88.8 Å². The number of hydrogen-bond donors (Lipinski definition) is 2. The Balaban J connectivity index is 1.79. The number of para-hydroxylation sites is 1. The molecule has 6 heteroatoms. The van der Waals surface area contributed by atoms with Crippen LogP contribution in [0.4, 0.5) is 5.69 Å². The first kappa shape index (κ1) is 16.8. The van der Waals surface area contributed by atoms with Crippen molar-refractivity contribution in [1.29, 1.82) is 0 Å². The van der Waals surface area contributed by atoms with Gasteiger partial charge in [-0.15, -0.1) is 0 Å². The number of fused-ring (bicyclic) bond motifs is 3. The van der Waals surface area contributed by atoms with Gasteiger partial charge in [-0.25, -0.2) is 0 Å². The summed E-state index contributed by atoms with van der Waals surface area (Å²) in [6.45, 7) is 0. The average molecular weight is 341 g/mol. The summed E-state index contributed by atoms with van der Waals surface area (Å²) in [6, 6.07) is 11.3. The lowest BCUT2D eigenvalue weighted by Gasteiger charge is -2.10. The lowest BCUT2D eigenvalue weighted by atomic mass is 10.1. The van der Waals surface area contributed by atoms with Gasteiger partial charge >= 0.3 is 5.97 Å². The Morgan fingerprint density at radius 1 is 1.08 bits per heavy atom. The number of nitrogens with one attached hydrogen (secondary N) is 1. The van der Waals surface area contributed by atoms with Gasteiger partial charge in [0, 0.05) is 29.7 Å². The Morgan fingerprint density at radius 3 is 2.60 bits per heavy atom. The number of unbranched alkanes of at least 4 members (excludes halogenated alkanes) is 1. The highest BCUT2D eigenvalue weighted by Crippen LogP contribution is 2.36. The Kier molecular flexibility index (Phi) is 4.88. The van der Waals surface area contributed by atoms with E-state index in [1.165, 1.54) is 0 Å². The van der Waals surface area contributed by atoms with Gasteiger partial charge in [0.1, 0.15) is 16.9 Å². The summed E-state index contributed by atoms with van der Waals surface area (Å²) in [5.74, 6) is -0.477. The third-order valence-electron chi connectivity index (χ3n) is 4.02. The maximum atomic E-state index is 12.1. The van der Waals surface area contributed by atoms with Gasteiger partial charge in [0.15, 0.2) is 0 Å². The van der Waals surface area contributed by atoms with Crippen molar-refractivity contribution in [3.8, 4) is 5.75 Å². The Morgan fingerprint density at radius 2 is 1.84 bits per heavy atom. The van der Waals surface area contributed by atoms with Crippen molar-refractivity contribution in [2.45, 2.75) is 25.7 Å². The van der Waals surface area contributed by atoms with E-state index in [0.29, 0.717) is 29.9 Å². The molecule has 0 bridgehead atoms. The maximum Gasteiger partial charge on any atom is 0.303 e. The molecule has 0 aliphatic heterocycles. The van der Waals surface area contributed by atoms with Crippen LogP contribution in [0.25, 0.3) is 21.9 Å². The minimum Gasteiger partial charge on any atom is -0.495 e. The Bertz CT molecular complexity index is 928. The van der Waals surface area contributed by atoms with E-state index in [1.54, 1.807) is 13.2 Å². The summed E-state index contributed by atoms with van der Waals surface area (Å²) in [7, 11) is 1.55. The van der Waals surface area contributed by atoms with Crippen LogP contribution in [0, 0.1) is 0 Å². The molecule has 0 saturated carbocycles. The first-order valence-electron chi connectivity index (χ1n) is 8.09. The van der Waals surface area contributed by atoms with Gasteiger partial charge in [0.05, 0.1) is 12.8 Å². The van der Waals surface area contributed by atoms with Crippen LogP contribution < -0.4 is 10.1 Å². The normalized spacial score (nSPS) is 10.9. The van der Waals surface area contributed by atoms with Crippen molar-refractivity contribution < 1.29 is 23.8 Å². The van der Waals surface area contributed by atoms with Crippen LogP contribution >= 0.6 is 0 Å². The predicted octanol–water partition coefficient (Wildman–Crippen LogP) is 4.18. The number of amides is 1. The zero-order valence-electron chi connectivity index (χ0n) is 13.9. The number of carboxylic acids is 1. The van der Waals surface area contributed by atoms with Gasteiger partial charge < -0.3 is 19.6 Å². The third-order valence-corrected chi connectivity index (χ3v) is 4.02. The molecule has 0 atom stereocenters. The largest absolute Gasteiger partial charge is 0.495 e. The Hall–Kier alpha value is -3.02. The lowest BCUT2D eigenvalue weighted by Crippen LogP contribution is -2.12. The van der Waals surface area contributed by atoms with Crippen molar-refractivity contribution in [3.05, 3.63) is 36.4 Å². The first-order valence-corrected chi connectivity index (χ1v) is 8.09. The molecule has 1 aromatic heterocycles. The van der Waals surface area contributed by atoms with Gasteiger partial charge in [-0.3, -0.25) is 9.59 Å². The second-order valence-electron chi connectivity index (χ2n) is 5.80. The molecule has 1 amide bonds. The molecule has 3 rings (SSSR count). The van der Waals surface area contributed by atoms with Crippen LogP contribution in [0.15, 0.2) is 40.8 Å². The zero-order chi connectivity index (χ0) is 17.8. The third kappa shape index (κ3) is 3.74. The number of benzene rings is 2. The van der Waals surface area contributed by atoms with E-state index in [9.17, 15) is 9.59 Å². The fourth-order valence-corrected chi connectivity index (χ4v) is 2.79. The number of rotatable bonds is 7. The van der Waals surface area contributed by atoms with E-state index in [0.717, 1.165) is 16.4 Å². The van der Waals surface area contributed by atoms with Crippen LogP contribution in [0.3, 0.4) is 0 Å². The highest BCUT2D eigenvalue weighted by atomic mass is 16.5. The van der Waals surface area contributed by atoms with E-state index in [-0.39, 0.29) is 18.7 Å². The molecular formula is C19H19NO5. The SMILES string of the molecule is COc1cc2c(cc1NC(=O)CCCCC(=O)O)oc1ccccc12. The summed E-state index contributed by atoms with van der Waals surface area (Å²) in [5, 5.41) is 13.3. The highest BCUT2D eigenvalue weighted by molar-refractivity contribution is 6.07. The molecule has 130 valence electrons. The van der Waals surface area contributed by atoms with Crippen molar-refractivity contribution in [1.82, 2.24) is 0 Å². The van der Waals surface area contributed by atoms with E-state index in [2.05, 4.69) is 5.32 Å². The number of furan rings is 1. The summed E-state index contributed by atoms with van der Waals surface area (Å²) in [6.07, 6.45) is 1.33. The summed E-state index contributed by atoms with van der Waals surface area (Å²) in [5.41, 5.74) is 1.98. The quantitative estimate of drug-likeness (QED) is 0.629. The molecule has 2 aromatic carbocycles. The van der Waals surface area contributed by atoms with Crippen molar-refractivity contribution in [2.24, 2.45) is 0 Å².